The van der Waals surface area contributed by atoms with Crippen LogP contribution < -0.4 is 0 Å². The lowest BCUT2D eigenvalue weighted by atomic mass is 10.1. The highest BCUT2D eigenvalue weighted by Gasteiger charge is 2.35. The second kappa shape index (κ2) is 5.83. The van der Waals surface area contributed by atoms with Crippen LogP contribution in [0.25, 0.3) is 0 Å². The van der Waals surface area contributed by atoms with E-state index in [1.165, 1.54) is 6.07 Å². The van der Waals surface area contributed by atoms with Gasteiger partial charge in [0, 0.05) is 11.6 Å². The maximum Gasteiger partial charge on any atom is 0.261 e. The lowest BCUT2D eigenvalue weighted by Crippen LogP contribution is -2.28. The molecule has 0 fully saturated rings. The molecule has 0 saturated heterocycles. The quantitative estimate of drug-likeness (QED) is 0.542. The molecule has 0 bridgehead atoms. The summed E-state index contributed by atoms with van der Waals surface area (Å²) < 4.78 is 5.15. The Balaban J connectivity index is 1.56. The maximum absolute atomic E-state index is 12.3. The molecule has 1 aromatic heterocycles. The van der Waals surface area contributed by atoms with Crippen LogP contribution >= 0.6 is 0 Å². The second-order valence-corrected chi connectivity index (χ2v) is 5.62. The van der Waals surface area contributed by atoms with E-state index in [0.717, 1.165) is 4.90 Å². The van der Waals surface area contributed by atoms with E-state index in [1.54, 1.807) is 48.5 Å². The minimum absolute atomic E-state index is 0.0680. The predicted molar refractivity (Wildman–Crippen MR) is 87.0 cm³/mol. The minimum atomic E-state index is -0.382. The van der Waals surface area contributed by atoms with Gasteiger partial charge in [0.2, 0.25) is 5.78 Å². The number of amides is 2. The molecule has 4 rings (SSSR count). The van der Waals surface area contributed by atoms with Crippen molar-refractivity contribution in [2.75, 3.05) is 0 Å². The standard InChI is InChI=1S/C19H12N2O4/c22-17(12-6-2-1-3-7-12)16-10-13(25-20-16)11-21-18(23)14-8-4-5-9-15(14)19(21)24/h1-10H,11H2. The highest BCUT2D eigenvalue weighted by Crippen LogP contribution is 2.24. The number of hydrogen-bond acceptors (Lipinski definition) is 5. The molecule has 2 heterocycles. The molecule has 6 heteroatoms. The van der Waals surface area contributed by atoms with Crippen LogP contribution in [0.3, 0.4) is 0 Å². The highest BCUT2D eigenvalue weighted by atomic mass is 16.5. The van der Waals surface area contributed by atoms with Crippen LogP contribution in [0, 0.1) is 0 Å². The molecule has 0 spiro atoms. The molecule has 0 atom stereocenters. The van der Waals surface area contributed by atoms with E-state index in [2.05, 4.69) is 5.16 Å². The van der Waals surface area contributed by atoms with Crippen LogP contribution in [0.2, 0.25) is 0 Å². The first-order chi connectivity index (χ1) is 12.1. The molecule has 1 aliphatic heterocycles. The normalized spacial score (nSPS) is 13.2. The first kappa shape index (κ1) is 15.0. The smallest absolute Gasteiger partial charge is 0.261 e. The Morgan fingerprint density at radius 1 is 0.920 bits per heavy atom. The van der Waals surface area contributed by atoms with Crippen LogP contribution in [0.4, 0.5) is 0 Å². The van der Waals surface area contributed by atoms with Crippen molar-refractivity contribution in [3.05, 3.63) is 88.8 Å². The van der Waals surface area contributed by atoms with Crippen LogP contribution in [0.5, 0.6) is 0 Å². The Bertz CT molecular complexity index is 956. The van der Waals surface area contributed by atoms with Crippen molar-refractivity contribution in [2.45, 2.75) is 6.54 Å². The van der Waals surface area contributed by atoms with E-state index in [0.29, 0.717) is 16.7 Å². The minimum Gasteiger partial charge on any atom is -0.359 e. The molecule has 0 unspecified atom stereocenters. The predicted octanol–water partition coefficient (Wildman–Crippen LogP) is 2.70. The van der Waals surface area contributed by atoms with E-state index in [-0.39, 0.29) is 35.6 Å². The lowest BCUT2D eigenvalue weighted by Gasteiger charge is -2.10. The summed E-state index contributed by atoms with van der Waals surface area (Å²) in [6, 6.07) is 16.8. The molecule has 122 valence electrons. The molecule has 0 radical (unpaired) electrons. The van der Waals surface area contributed by atoms with Gasteiger partial charge in [0.1, 0.15) is 0 Å². The molecule has 0 saturated carbocycles. The summed E-state index contributed by atoms with van der Waals surface area (Å²) in [6.45, 7) is -0.0680. The lowest BCUT2D eigenvalue weighted by molar-refractivity contribution is 0.0627. The fraction of sp³-hybridized carbons (Fsp3) is 0.0526. The summed E-state index contributed by atoms with van der Waals surface area (Å²) in [5, 5.41) is 3.76. The van der Waals surface area contributed by atoms with Gasteiger partial charge in [0.15, 0.2) is 11.5 Å². The third-order valence-electron chi connectivity index (χ3n) is 4.02. The number of imide groups is 1. The monoisotopic (exact) mass is 332 g/mol. The van der Waals surface area contributed by atoms with Crippen LogP contribution in [0.1, 0.15) is 42.5 Å². The molecule has 2 aromatic carbocycles. The number of nitrogens with zero attached hydrogens (tertiary/aromatic N) is 2. The third kappa shape index (κ3) is 2.53. The summed E-state index contributed by atoms with van der Waals surface area (Å²) in [7, 11) is 0. The average molecular weight is 332 g/mol. The first-order valence-corrected chi connectivity index (χ1v) is 7.66. The van der Waals surface area contributed by atoms with Crippen molar-refractivity contribution in [3.63, 3.8) is 0 Å². The largest absolute Gasteiger partial charge is 0.359 e. The molecular weight excluding hydrogens is 320 g/mol. The fourth-order valence-corrected chi connectivity index (χ4v) is 2.77. The number of fused-ring (bicyclic) bond motifs is 1. The molecule has 1 aliphatic rings. The van der Waals surface area contributed by atoms with Gasteiger partial charge in [-0.15, -0.1) is 0 Å². The van der Waals surface area contributed by atoms with Gasteiger partial charge in [-0.2, -0.15) is 0 Å². The topological polar surface area (TPSA) is 80.5 Å². The Kier molecular flexibility index (Phi) is 3.50. The highest BCUT2D eigenvalue weighted by molar-refractivity contribution is 6.21. The summed E-state index contributed by atoms with van der Waals surface area (Å²) in [6.07, 6.45) is 0. The zero-order valence-electron chi connectivity index (χ0n) is 13.0. The average Bonchev–Trinajstić information content (AvgIpc) is 3.22. The first-order valence-electron chi connectivity index (χ1n) is 7.66. The summed E-state index contributed by atoms with van der Waals surface area (Å²) in [4.78, 5) is 38.1. The number of rotatable bonds is 4. The number of ketones is 1. The van der Waals surface area contributed by atoms with Crippen molar-refractivity contribution < 1.29 is 18.9 Å². The number of carbonyl (C=O) groups excluding carboxylic acids is 3. The Morgan fingerprint density at radius 2 is 1.52 bits per heavy atom. The van der Waals surface area contributed by atoms with Gasteiger partial charge in [0.25, 0.3) is 11.8 Å². The number of hydrogen-bond donors (Lipinski definition) is 0. The van der Waals surface area contributed by atoms with E-state index in [1.807, 2.05) is 6.07 Å². The Morgan fingerprint density at radius 3 is 2.16 bits per heavy atom. The van der Waals surface area contributed by atoms with Gasteiger partial charge in [-0.05, 0) is 12.1 Å². The molecular formula is C19H12N2O4. The zero-order valence-corrected chi connectivity index (χ0v) is 13.0. The van der Waals surface area contributed by atoms with E-state index < -0.39 is 0 Å². The number of aromatic nitrogens is 1. The summed E-state index contributed by atoms with van der Waals surface area (Å²) >= 11 is 0. The second-order valence-electron chi connectivity index (χ2n) is 5.62. The SMILES string of the molecule is O=C(c1ccccc1)c1cc(CN2C(=O)c3ccccc3C2=O)on1. The van der Waals surface area contributed by atoms with Crippen LogP contribution in [-0.2, 0) is 6.54 Å². The van der Waals surface area contributed by atoms with E-state index >= 15 is 0 Å². The van der Waals surface area contributed by atoms with Gasteiger partial charge in [-0.3, -0.25) is 19.3 Å². The van der Waals surface area contributed by atoms with Crippen molar-refractivity contribution in [1.29, 1.82) is 0 Å². The molecule has 6 nitrogen and oxygen atoms in total. The summed E-state index contributed by atoms with van der Waals surface area (Å²) in [5.74, 6) is -0.771. The maximum atomic E-state index is 12.3. The van der Waals surface area contributed by atoms with Crippen molar-refractivity contribution in [1.82, 2.24) is 10.1 Å². The van der Waals surface area contributed by atoms with Gasteiger partial charge >= 0.3 is 0 Å². The third-order valence-corrected chi connectivity index (χ3v) is 4.02. The molecule has 0 N–H and O–H groups in total. The zero-order chi connectivity index (χ0) is 17.4. The molecule has 3 aromatic rings. The van der Waals surface area contributed by atoms with Gasteiger partial charge in [-0.1, -0.05) is 47.6 Å². The molecule has 25 heavy (non-hydrogen) atoms. The van der Waals surface area contributed by atoms with Gasteiger partial charge in [0.05, 0.1) is 17.7 Å². The van der Waals surface area contributed by atoms with E-state index in [9.17, 15) is 14.4 Å². The Labute approximate surface area is 142 Å². The Hall–Kier alpha value is -3.54. The van der Waals surface area contributed by atoms with Crippen molar-refractivity contribution in [3.8, 4) is 0 Å². The van der Waals surface area contributed by atoms with Crippen molar-refractivity contribution >= 4 is 17.6 Å². The molecule has 0 aliphatic carbocycles. The fourth-order valence-electron chi connectivity index (χ4n) is 2.77. The number of carbonyl (C=O) groups is 3. The van der Waals surface area contributed by atoms with Gasteiger partial charge in [-0.25, -0.2) is 0 Å². The number of benzene rings is 2. The van der Waals surface area contributed by atoms with E-state index in [4.69, 9.17) is 4.52 Å². The molecule has 2 amide bonds. The van der Waals surface area contributed by atoms with Crippen molar-refractivity contribution in [2.24, 2.45) is 0 Å². The van der Waals surface area contributed by atoms with Crippen LogP contribution in [-0.4, -0.2) is 27.7 Å². The summed E-state index contributed by atoms with van der Waals surface area (Å²) in [5.41, 5.74) is 1.36. The van der Waals surface area contributed by atoms with Gasteiger partial charge < -0.3 is 4.52 Å². The van der Waals surface area contributed by atoms with Crippen LogP contribution in [0.15, 0.2) is 65.2 Å².